The Balaban J connectivity index is 0.000000275. The first-order chi connectivity index (χ1) is 17.0. The van der Waals surface area contributed by atoms with Gasteiger partial charge in [-0.3, -0.25) is 0 Å². The summed E-state index contributed by atoms with van der Waals surface area (Å²) in [4.78, 5) is 0. The van der Waals surface area contributed by atoms with Crippen LogP contribution in [-0.4, -0.2) is 6.16 Å². The second kappa shape index (κ2) is 18.0. The Morgan fingerprint density at radius 3 is 1.51 bits per heavy atom. The number of benzene rings is 3. The van der Waals surface area contributed by atoms with Crippen molar-refractivity contribution in [1.29, 1.82) is 0 Å². The van der Waals surface area contributed by atoms with Gasteiger partial charge in [0, 0.05) is 0 Å². The molecule has 37 heavy (non-hydrogen) atoms. The van der Waals surface area contributed by atoms with E-state index in [-0.39, 0.29) is 24.8 Å². The molecule has 4 heteroatoms. The van der Waals surface area contributed by atoms with E-state index in [1.807, 2.05) is 0 Å². The van der Waals surface area contributed by atoms with Crippen molar-refractivity contribution in [3.8, 4) is 0 Å². The second-order valence-electron chi connectivity index (χ2n) is 9.30. The van der Waals surface area contributed by atoms with Crippen molar-refractivity contribution >= 4 is 27.7 Å². The molecule has 0 unspecified atom stereocenters. The Morgan fingerprint density at radius 1 is 0.649 bits per heavy atom. The maximum absolute atomic E-state index is 2.29. The topological polar surface area (TPSA) is 0 Å². The molecule has 0 aliphatic rings. The van der Waals surface area contributed by atoms with Crippen molar-refractivity contribution in [3.63, 3.8) is 0 Å². The van der Waals surface area contributed by atoms with Gasteiger partial charge in [0.15, 0.2) is 0 Å². The van der Waals surface area contributed by atoms with Crippen LogP contribution in [0.2, 0.25) is 0 Å². The average molecular weight is 625 g/mol. The van der Waals surface area contributed by atoms with Gasteiger partial charge in [-0.2, -0.15) is 12.1 Å². The summed E-state index contributed by atoms with van der Waals surface area (Å²) >= 11 is 1.72. The van der Waals surface area contributed by atoms with E-state index in [1.165, 1.54) is 81.1 Å². The Bertz CT molecular complexity index is 1250. The van der Waals surface area contributed by atoms with Gasteiger partial charge in [-0.15, -0.1) is 69.1 Å². The number of hydrogen-bond donors (Lipinski definition) is 0. The third-order valence-electron chi connectivity index (χ3n) is 6.19. The van der Waals surface area contributed by atoms with Crippen molar-refractivity contribution in [3.05, 3.63) is 119 Å². The van der Waals surface area contributed by atoms with E-state index in [0.717, 1.165) is 0 Å². The fraction of sp³-hybridized carbons (Fsp3) is 0.273. The molecule has 0 aromatic heterocycles. The summed E-state index contributed by atoms with van der Waals surface area (Å²) in [5.74, 6) is 0. The van der Waals surface area contributed by atoms with Gasteiger partial charge < -0.3 is 24.8 Å². The van der Waals surface area contributed by atoms with Gasteiger partial charge in [-0.05, 0) is 12.8 Å². The molecular formula is C33H38Cl2SiZr-2. The van der Waals surface area contributed by atoms with E-state index in [2.05, 4.69) is 119 Å². The van der Waals surface area contributed by atoms with Gasteiger partial charge in [0.1, 0.15) is 0 Å². The van der Waals surface area contributed by atoms with Gasteiger partial charge in [-0.1, -0.05) is 63.8 Å². The zero-order valence-corrected chi connectivity index (χ0v) is 27.7. The molecule has 5 rings (SSSR count). The molecule has 0 amide bonds. The van der Waals surface area contributed by atoms with Gasteiger partial charge in [0.25, 0.3) is 0 Å². The summed E-state index contributed by atoms with van der Waals surface area (Å²) in [6.45, 7) is 8.79. The molecule has 0 aliphatic carbocycles. The van der Waals surface area contributed by atoms with E-state index < -0.39 is 0 Å². The number of fused-ring (bicyclic) bond motifs is 2. The van der Waals surface area contributed by atoms with Crippen LogP contribution in [0.1, 0.15) is 54.5 Å². The van der Waals surface area contributed by atoms with Gasteiger partial charge in [0.2, 0.25) is 0 Å². The van der Waals surface area contributed by atoms with E-state index in [9.17, 15) is 0 Å². The molecule has 0 nitrogen and oxygen atoms in total. The Hall–Kier alpha value is -1.44. The number of halogens is 2. The average Bonchev–Trinajstić information content (AvgIpc) is 3.43. The summed E-state index contributed by atoms with van der Waals surface area (Å²) < 4.78 is 0. The summed E-state index contributed by atoms with van der Waals surface area (Å²) in [6, 6.07) is 34.3. The van der Waals surface area contributed by atoms with Crippen LogP contribution in [-0.2, 0) is 42.2 Å². The van der Waals surface area contributed by atoms with Crippen molar-refractivity contribution in [2.75, 3.05) is 0 Å². The van der Waals surface area contributed by atoms with Crippen molar-refractivity contribution < 1.29 is 48.1 Å². The summed E-state index contributed by atoms with van der Waals surface area (Å²) in [5.41, 5.74) is 7.24. The fourth-order valence-corrected chi connectivity index (χ4v) is 6.85. The van der Waals surface area contributed by atoms with Crippen LogP contribution in [0, 0.1) is 13.8 Å². The van der Waals surface area contributed by atoms with Crippen LogP contribution in [0.3, 0.4) is 0 Å². The van der Waals surface area contributed by atoms with E-state index in [0.29, 0.717) is 6.16 Å². The van der Waals surface area contributed by atoms with E-state index >= 15 is 0 Å². The van der Waals surface area contributed by atoms with Crippen LogP contribution in [0.25, 0.3) is 21.5 Å². The van der Waals surface area contributed by atoms with Crippen molar-refractivity contribution in [1.82, 2.24) is 0 Å². The molecule has 0 aliphatic heterocycles. The van der Waals surface area contributed by atoms with Gasteiger partial charge >= 0.3 is 71.4 Å². The van der Waals surface area contributed by atoms with Gasteiger partial charge in [-0.25, -0.2) is 0 Å². The van der Waals surface area contributed by atoms with Crippen molar-refractivity contribution in [2.24, 2.45) is 0 Å². The van der Waals surface area contributed by atoms with Crippen LogP contribution >= 0.6 is 0 Å². The monoisotopic (exact) mass is 622 g/mol. The Morgan fingerprint density at radius 2 is 1.11 bits per heavy atom. The molecule has 0 saturated carbocycles. The molecule has 194 valence electrons. The molecule has 5 aromatic carbocycles. The molecule has 0 heterocycles. The molecule has 0 atom stereocenters. The predicted molar refractivity (Wildman–Crippen MR) is 154 cm³/mol. The number of rotatable bonds is 6. The zero-order valence-electron chi connectivity index (χ0n) is 22.5. The SMILES string of the molecule is CCCc1cccc2[cH-]c(C)cc12.CCCc1cccc2[cH-]c(C)cc12.[Cl-].[Cl-].[Zr+2]=[SiH]Cc1ccccc1. The molecule has 0 radical (unpaired) electrons. The number of hydrogen-bond acceptors (Lipinski definition) is 0. The normalized spacial score (nSPS) is 9.89. The Labute approximate surface area is 252 Å². The Kier molecular flexibility index (Phi) is 16.3. The molecule has 0 N–H and O–H groups in total. The van der Waals surface area contributed by atoms with Crippen LogP contribution in [0.4, 0.5) is 0 Å². The van der Waals surface area contributed by atoms with E-state index in [4.69, 9.17) is 0 Å². The predicted octanol–water partition coefficient (Wildman–Crippen LogP) is 2.73. The second-order valence-corrected chi connectivity index (χ2v) is 13.1. The first kappa shape index (κ1) is 33.6. The first-order valence-electron chi connectivity index (χ1n) is 12.9. The molecule has 0 spiro atoms. The van der Waals surface area contributed by atoms with Gasteiger partial charge in [0.05, 0.1) is 0 Å². The zero-order chi connectivity index (χ0) is 25.0. The fourth-order valence-electron chi connectivity index (χ4n) is 4.61. The minimum atomic E-state index is 0. The summed E-state index contributed by atoms with van der Waals surface area (Å²) in [5, 5.41) is 5.68. The minimum absolute atomic E-state index is 0. The van der Waals surface area contributed by atoms with Crippen LogP contribution in [0.5, 0.6) is 0 Å². The number of aryl methyl sites for hydroxylation is 4. The standard InChI is InChI=1S/2C13H15.C7H8Si.2ClH.Zr/c2*1-3-5-11-6-4-7-12-8-10(2)9-13(11)12;8-6-7-4-2-1-3-5-7;;;/h2*4,6-9H,3,5H2,1-2H3;1-5,8H,6H2;2*1H;/q2*-1;;;;+2/p-2. The molecule has 0 fully saturated rings. The third kappa shape index (κ3) is 10.3. The molecule has 5 aromatic rings. The summed E-state index contributed by atoms with van der Waals surface area (Å²) in [7, 11) is 0. The first-order valence-corrected chi connectivity index (χ1v) is 18.5. The van der Waals surface area contributed by atoms with Crippen molar-refractivity contribution in [2.45, 2.75) is 59.4 Å². The summed E-state index contributed by atoms with van der Waals surface area (Å²) in [6.07, 6.45) is 5.56. The van der Waals surface area contributed by atoms with Crippen LogP contribution < -0.4 is 24.8 Å². The third-order valence-corrected chi connectivity index (χ3v) is 8.37. The molecule has 0 bridgehead atoms. The van der Waals surface area contributed by atoms with E-state index in [1.54, 1.807) is 23.3 Å². The quantitative estimate of drug-likeness (QED) is 0.202. The molecule has 0 saturated heterocycles. The molecular weight excluding hydrogens is 587 g/mol. The maximum atomic E-state index is 2.29. The van der Waals surface area contributed by atoms with Crippen LogP contribution in [0.15, 0.2) is 91.0 Å².